The predicted octanol–water partition coefficient (Wildman–Crippen LogP) is 8.97. The lowest BCUT2D eigenvalue weighted by Crippen LogP contribution is -2.39. The summed E-state index contributed by atoms with van der Waals surface area (Å²) in [5.41, 5.74) is 5.58. The average Bonchev–Trinajstić information content (AvgIpc) is 3.62. The van der Waals surface area contributed by atoms with Gasteiger partial charge >= 0.3 is 0 Å². The van der Waals surface area contributed by atoms with E-state index >= 15 is 0 Å². The fraction of sp³-hybridized carbons (Fsp3) is 0.500. The molecule has 9 heteroatoms. The van der Waals surface area contributed by atoms with Crippen LogP contribution in [0.3, 0.4) is 0 Å². The van der Waals surface area contributed by atoms with Gasteiger partial charge in [0.25, 0.3) is 0 Å². The highest BCUT2D eigenvalue weighted by Crippen LogP contribution is 2.33. The first-order chi connectivity index (χ1) is 22.5. The fourth-order valence-corrected chi connectivity index (χ4v) is 5.49. The number of halogens is 2. The fourth-order valence-electron chi connectivity index (χ4n) is 5.49. The van der Waals surface area contributed by atoms with Gasteiger partial charge in [-0.05, 0) is 71.8 Å². The number of carbonyl (C=O) groups is 2. The maximum absolute atomic E-state index is 14.8. The van der Waals surface area contributed by atoms with Gasteiger partial charge in [0.05, 0.1) is 12.1 Å². The molecule has 0 spiro atoms. The summed E-state index contributed by atoms with van der Waals surface area (Å²) in [6.45, 7) is 23.9. The number of rotatable bonds is 12. The summed E-state index contributed by atoms with van der Waals surface area (Å²) >= 11 is 0. The van der Waals surface area contributed by atoms with Crippen LogP contribution in [0, 0.1) is 32.4 Å². The summed E-state index contributed by atoms with van der Waals surface area (Å²) in [7, 11) is 0. The van der Waals surface area contributed by atoms with Crippen LogP contribution in [0.2, 0.25) is 6.82 Å². The molecular weight excluding hydrogens is 593 g/mol. The first-order valence-corrected chi connectivity index (χ1v) is 17.3. The molecule has 1 unspecified atom stereocenters. The van der Waals surface area contributed by atoms with Crippen LogP contribution in [0.1, 0.15) is 107 Å². The molecule has 4 rings (SSSR count). The van der Waals surface area contributed by atoms with Crippen LogP contribution < -0.4 is 10.6 Å². The van der Waals surface area contributed by atoms with Crippen LogP contribution in [0.4, 0.5) is 8.78 Å². The summed E-state index contributed by atoms with van der Waals surface area (Å²) < 4.78 is 31.5. The molecule has 0 amide bonds. The molecule has 2 aromatic carbocycles. The topological polar surface area (TPSA) is 76.0 Å². The molecule has 6 nitrogen and oxygen atoms in total. The monoisotopic (exact) mass is 650 g/mol. The Morgan fingerprint density at radius 3 is 2.15 bits per heavy atom. The zero-order chi connectivity index (χ0) is 35.7. The van der Waals surface area contributed by atoms with Crippen LogP contribution in [0.15, 0.2) is 42.7 Å². The van der Waals surface area contributed by atoms with E-state index in [-0.39, 0.29) is 29.4 Å². The molecule has 1 aromatic heterocycles. The van der Waals surface area contributed by atoms with E-state index < -0.39 is 17.6 Å². The van der Waals surface area contributed by atoms with Gasteiger partial charge in [-0.3, -0.25) is 14.3 Å². The van der Waals surface area contributed by atoms with E-state index in [1.54, 1.807) is 29.2 Å². The molecule has 1 atom stereocenters. The SMILES string of the molecule is CC.CC.CCCNCCCC(=O)c1ccc(C)cc1C.CCCn1ncc(-c2ccc(C3=CNC(C(C)=O)B3C)c(F)c2F)c1C. The number of aromatic nitrogens is 2. The second-order valence-corrected chi connectivity index (χ2v) is 11.4. The number of aryl methyl sites for hydroxylation is 3. The number of carbonyl (C=O) groups excluding carboxylic acids is 2. The van der Waals surface area contributed by atoms with Crippen LogP contribution in [0.5, 0.6) is 0 Å². The smallest absolute Gasteiger partial charge is 0.210 e. The number of Topliss-reactive ketones (excluding diaryl/α,β-unsaturated/α-hetero) is 2. The minimum absolute atomic E-state index is 0.0276. The average molecular weight is 651 g/mol. The van der Waals surface area contributed by atoms with E-state index in [4.69, 9.17) is 0 Å². The highest BCUT2D eigenvalue weighted by molar-refractivity contribution is 6.82. The van der Waals surface area contributed by atoms with Gasteiger partial charge in [0.1, 0.15) is 5.78 Å². The molecule has 0 radical (unpaired) electrons. The van der Waals surface area contributed by atoms with E-state index in [9.17, 15) is 18.4 Å². The molecule has 1 aliphatic heterocycles. The van der Waals surface area contributed by atoms with Crippen molar-refractivity contribution in [1.29, 1.82) is 0 Å². The summed E-state index contributed by atoms with van der Waals surface area (Å²) in [6.07, 6.45) is 6.80. The molecule has 0 aliphatic carbocycles. The number of ketones is 2. The van der Waals surface area contributed by atoms with E-state index in [2.05, 4.69) is 35.6 Å². The van der Waals surface area contributed by atoms with Crippen molar-refractivity contribution in [1.82, 2.24) is 20.4 Å². The Kier molecular flexibility index (Phi) is 18.8. The lowest BCUT2D eigenvalue weighted by molar-refractivity contribution is -0.117. The van der Waals surface area contributed by atoms with Gasteiger partial charge in [-0.2, -0.15) is 5.10 Å². The highest BCUT2D eigenvalue weighted by atomic mass is 19.2. The third-order valence-corrected chi connectivity index (χ3v) is 7.94. The molecule has 0 saturated carbocycles. The Bertz CT molecular complexity index is 1470. The summed E-state index contributed by atoms with van der Waals surface area (Å²) in [4.78, 5) is 23.6. The van der Waals surface area contributed by atoms with Crippen molar-refractivity contribution >= 4 is 23.8 Å². The van der Waals surface area contributed by atoms with Crippen molar-refractivity contribution in [2.45, 2.75) is 114 Å². The van der Waals surface area contributed by atoms with E-state index in [0.717, 1.165) is 55.7 Å². The van der Waals surface area contributed by atoms with Gasteiger partial charge in [-0.15, -0.1) is 0 Å². The molecule has 2 N–H and O–H groups in total. The predicted molar refractivity (Wildman–Crippen MR) is 195 cm³/mol. The number of hydrogen-bond acceptors (Lipinski definition) is 5. The Hall–Kier alpha value is -3.59. The zero-order valence-corrected chi connectivity index (χ0v) is 30.6. The third kappa shape index (κ3) is 11.3. The van der Waals surface area contributed by atoms with Crippen LogP contribution in [-0.4, -0.2) is 47.1 Å². The number of hydrogen-bond donors (Lipinski definition) is 2. The minimum Gasteiger partial charge on any atom is -0.388 e. The third-order valence-electron chi connectivity index (χ3n) is 7.94. The highest BCUT2D eigenvalue weighted by Gasteiger charge is 2.35. The molecule has 2 heterocycles. The summed E-state index contributed by atoms with van der Waals surface area (Å²) in [5.74, 6) is -1.95. The Morgan fingerprint density at radius 1 is 0.936 bits per heavy atom. The second-order valence-electron chi connectivity index (χ2n) is 11.4. The van der Waals surface area contributed by atoms with E-state index in [1.807, 2.05) is 67.4 Å². The largest absolute Gasteiger partial charge is 0.388 e. The number of benzene rings is 2. The first kappa shape index (κ1) is 41.4. The quantitative estimate of drug-likeness (QED) is 0.116. The maximum atomic E-state index is 14.8. The molecule has 0 bridgehead atoms. The van der Waals surface area contributed by atoms with Gasteiger partial charge < -0.3 is 10.6 Å². The van der Waals surface area contributed by atoms with Crippen LogP contribution in [-0.2, 0) is 11.3 Å². The lowest BCUT2D eigenvalue weighted by atomic mass is 9.41. The van der Waals surface area contributed by atoms with Gasteiger partial charge in [0.15, 0.2) is 17.4 Å². The van der Waals surface area contributed by atoms with Crippen molar-refractivity contribution in [2.75, 3.05) is 13.1 Å². The lowest BCUT2D eigenvalue weighted by Gasteiger charge is -2.14. The first-order valence-electron chi connectivity index (χ1n) is 17.3. The molecule has 3 aromatic rings. The summed E-state index contributed by atoms with van der Waals surface area (Å²) in [5, 5.41) is 10.5. The van der Waals surface area contributed by atoms with Crippen LogP contribution in [0.25, 0.3) is 16.6 Å². The molecular formula is C38H57BF2N4O2. The van der Waals surface area contributed by atoms with Gasteiger partial charge in [0.2, 0.25) is 6.71 Å². The number of nitrogens with one attached hydrogen (secondary N) is 2. The molecule has 0 fully saturated rings. The molecule has 1 aliphatic rings. The van der Waals surface area contributed by atoms with Crippen molar-refractivity contribution in [3.8, 4) is 11.1 Å². The maximum Gasteiger partial charge on any atom is 0.210 e. The van der Waals surface area contributed by atoms with Crippen molar-refractivity contribution in [3.05, 3.63) is 82.3 Å². The van der Waals surface area contributed by atoms with Crippen molar-refractivity contribution in [3.63, 3.8) is 0 Å². The van der Waals surface area contributed by atoms with E-state index in [0.29, 0.717) is 17.5 Å². The number of nitrogens with zero attached hydrogens (tertiary/aromatic N) is 2. The van der Waals surface area contributed by atoms with Crippen molar-refractivity contribution in [2.24, 2.45) is 0 Å². The standard InChI is InChI=1S/C19H22BF2N3O.C15H23NO.2C2H6/c1-5-8-25-11(2)15(9-24-25)13-6-7-14(18(22)17(13)21)16-10-23-19(12(3)26)20(16)4;1-4-9-16-10-5-6-15(17)14-8-7-12(2)11-13(14)3;2*1-2/h6-7,9-10,19,23H,5,8H2,1-4H3;7-8,11,16H,4-6,9-10H2,1-3H3;2*1-2H3. The Balaban J connectivity index is 0.000000457. The Morgan fingerprint density at radius 2 is 1.57 bits per heavy atom. The molecule has 0 saturated heterocycles. The second kappa shape index (κ2) is 21.3. The van der Waals surface area contributed by atoms with Crippen LogP contribution >= 0.6 is 0 Å². The normalized spacial score (nSPS) is 13.3. The van der Waals surface area contributed by atoms with Crippen molar-refractivity contribution < 1.29 is 18.4 Å². The Labute approximate surface area is 282 Å². The molecule has 47 heavy (non-hydrogen) atoms. The van der Waals surface area contributed by atoms with E-state index in [1.165, 1.54) is 12.5 Å². The minimum atomic E-state index is -0.894. The zero-order valence-electron chi connectivity index (χ0n) is 30.6. The molecule has 258 valence electrons. The summed E-state index contributed by atoms with van der Waals surface area (Å²) in [6, 6.07) is 9.20. The van der Waals surface area contributed by atoms with Gasteiger partial charge in [0, 0.05) is 40.9 Å². The van der Waals surface area contributed by atoms with Gasteiger partial charge in [-0.1, -0.05) is 89.7 Å². The van der Waals surface area contributed by atoms with Gasteiger partial charge in [-0.25, -0.2) is 8.78 Å².